The molecule has 2 amide bonds. The van der Waals surface area contributed by atoms with E-state index in [0.29, 0.717) is 30.2 Å². The Hall–Kier alpha value is -4.54. The maximum Gasteiger partial charge on any atom is 0.419 e. The number of alkyl halides is 3. The van der Waals surface area contributed by atoms with Gasteiger partial charge in [-0.05, 0) is 67.1 Å². The van der Waals surface area contributed by atoms with Gasteiger partial charge in [0, 0.05) is 55.9 Å². The number of halogens is 3. The number of piperazine rings is 1. The van der Waals surface area contributed by atoms with Gasteiger partial charge >= 0.3 is 6.18 Å². The second kappa shape index (κ2) is 11.5. The molecule has 1 aliphatic rings. The quantitative estimate of drug-likeness (QED) is 0.335. The molecule has 1 aromatic heterocycles. The van der Waals surface area contributed by atoms with Gasteiger partial charge in [0.25, 0.3) is 0 Å². The monoisotopic (exact) mass is 538 g/mol. The first kappa shape index (κ1) is 27.5. The number of carbonyl (C=O) groups excluding carboxylic acids is 2. The molecule has 0 atom stereocenters. The number of nitrogens with one attached hydrogen (secondary N) is 3. The van der Waals surface area contributed by atoms with Crippen LogP contribution in [0.5, 0.6) is 0 Å². The molecule has 11 heteroatoms. The zero-order chi connectivity index (χ0) is 28.2. The van der Waals surface area contributed by atoms with Crippen LogP contribution >= 0.6 is 0 Å². The minimum atomic E-state index is -4.63. The minimum absolute atomic E-state index is 0.0652. The lowest BCUT2D eigenvalue weighted by molar-refractivity contribution is -0.137. The van der Waals surface area contributed by atoms with Gasteiger partial charge in [-0.15, -0.1) is 0 Å². The molecule has 0 aliphatic carbocycles. The van der Waals surface area contributed by atoms with E-state index in [4.69, 9.17) is 0 Å². The molecule has 0 spiro atoms. The van der Waals surface area contributed by atoms with Gasteiger partial charge in [-0.3, -0.25) is 9.59 Å². The molecule has 8 nitrogen and oxygen atoms in total. The number of aromatic nitrogens is 1. The van der Waals surface area contributed by atoms with E-state index in [1.807, 2.05) is 30.0 Å². The SMILES string of the molecule is C=CC(=O)Nc1cccc(Nc2nc(Nc3ccc(N4CCN(C(C)=O)CC4)cc3C)ccc2C(F)(F)F)c1. The molecule has 204 valence electrons. The lowest BCUT2D eigenvalue weighted by atomic mass is 10.1. The van der Waals surface area contributed by atoms with Crippen molar-refractivity contribution in [3.63, 3.8) is 0 Å². The Kier molecular flexibility index (Phi) is 8.08. The van der Waals surface area contributed by atoms with Crippen molar-refractivity contribution in [3.05, 3.63) is 78.4 Å². The molecule has 0 unspecified atom stereocenters. The molecule has 0 bridgehead atoms. The Bertz CT molecular complexity index is 1380. The van der Waals surface area contributed by atoms with Gasteiger partial charge in [0.1, 0.15) is 11.6 Å². The maximum atomic E-state index is 13.8. The summed E-state index contributed by atoms with van der Waals surface area (Å²) in [7, 11) is 0. The molecule has 1 aliphatic heterocycles. The molecular formula is C28H29F3N6O2. The van der Waals surface area contributed by atoms with E-state index < -0.39 is 17.6 Å². The number of amides is 2. The van der Waals surface area contributed by atoms with E-state index in [-0.39, 0.29) is 17.5 Å². The largest absolute Gasteiger partial charge is 0.419 e. The van der Waals surface area contributed by atoms with Gasteiger partial charge in [-0.25, -0.2) is 4.98 Å². The van der Waals surface area contributed by atoms with Crippen molar-refractivity contribution in [1.82, 2.24) is 9.88 Å². The molecule has 2 aromatic carbocycles. The zero-order valence-electron chi connectivity index (χ0n) is 21.6. The van der Waals surface area contributed by atoms with E-state index >= 15 is 0 Å². The fourth-order valence-corrected chi connectivity index (χ4v) is 4.26. The topological polar surface area (TPSA) is 89.6 Å². The number of pyridine rings is 1. The number of hydrogen-bond acceptors (Lipinski definition) is 6. The van der Waals surface area contributed by atoms with Gasteiger partial charge in [0.05, 0.1) is 5.56 Å². The molecule has 4 rings (SSSR count). The highest BCUT2D eigenvalue weighted by Gasteiger charge is 2.34. The van der Waals surface area contributed by atoms with Gasteiger partial charge < -0.3 is 25.8 Å². The Morgan fingerprint density at radius 1 is 0.974 bits per heavy atom. The normalized spacial score (nSPS) is 13.6. The summed E-state index contributed by atoms with van der Waals surface area (Å²) in [5.74, 6) is -0.521. The fourth-order valence-electron chi connectivity index (χ4n) is 4.26. The van der Waals surface area contributed by atoms with Crippen LogP contribution in [0.1, 0.15) is 18.1 Å². The van der Waals surface area contributed by atoms with Crippen LogP contribution < -0.4 is 20.9 Å². The zero-order valence-corrected chi connectivity index (χ0v) is 21.6. The number of benzene rings is 2. The van der Waals surface area contributed by atoms with Crippen LogP contribution in [0.15, 0.2) is 67.3 Å². The Balaban J connectivity index is 1.54. The molecule has 3 aromatic rings. The predicted octanol–water partition coefficient (Wildman–Crippen LogP) is 5.69. The van der Waals surface area contributed by atoms with Crippen molar-refractivity contribution in [2.24, 2.45) is 0 Å². The van der Waals surface area contributed by atoms with Crippen LogP contribution in [-0.4, -0.2) is 47.9 Å². The molecule has 2 heterocycles. The minimum Gasteiger partial charge on any atom is -0.368 e. The van der Waals surface area contributed by atoms with Crippen molar-refractivity contribution in [2.75, 3.05) is 47.0 Å². The maximum absolute atomic E-state index is 13.8. The number of nitrogens with zero attached hydrogens (tertiary/aromatic N) is 3. The number of hydrogen-bond donors (Lipinski definition) is 3. The second-order valence-electron chi connectivity index (χ2n) is 9.11. The van der Waals surface area contributed by atoms with Crippen molar-refractivity contribution < 1.29 is 22.8 Å². The summed E-state index contributed by atoms with van der Waals surface area (Å²) in [4.78, 5) is 31.4. The highest BCUT2D eigenvalue weighted by atomic mass is 19.4. The van der Waals surface area contributed by atoms with Crippen LogP contribution in [0.3, 0.4) is 0 Å². The van der Waals surface area contributed by atoms with Crippen LogP contribution in [0.2, 0.25) is 0 Å². The molecule has 39 heavy (non-hydrogen) atoms. The highest BCUT2D eigenvalue weighted by molar-refractivity contribution is 5.99. The van der Waals surface area contributed by atoms with Crippen LogP contribution in [0.4, 0.5) is 47.6 Å². The number of aryl methyl sites for hydroxylation is 1. The summed E-state index contributed by atoms with van der Waals surface area (Å²) in [6.07, 6.45) is -3.53. The van der Waals surface area contributed by atoms with E-state index in [9.17, 15) is 22.8 Å². The van der Waals surface area contributed by atoms with Gasteiger partial charge in [0.15, 0.2) is 0 Å². The smallest absolute Gasteiger partial charge is 0.368 e. The van der Waals surface area contributed by atoms with Gasteiger partial charge in [-0.1, -0.05) is 12.6 Å². The van der Waals surface area contributed by atoms with E-state index in [0.717, 1.165) is 36.5 Å². The Morgan fingerprint density at radius 2 is 1.69 bits per heavy atom. The number of anilines is 6. The lowest BCUT2D eigenvalue weighted by Crippen LogP contribution is -2.48. The fraction of sp³-hybridized carbons (Fsp3) is 0.250. The van der Waals surface area contributed by atoms with E-state index in [2.05, 4.69) is 32.4 Å². The first-order valence-electron chi connectivity index (χ1n) is 12.3. The van der Waals surface area contributed by atoms with Crippen molar-refractivity contribution in [3.8, 4) is 0 Å². The van der Waals surface area contributed by atoms with Crippen LogP contribution in [0, 0.1) is 6.92 Å². The van der Waals surface area contributed by atoms with E-state index in [1.54, 1.807) is 25.1 Å². The third-order valence-corrected chi connectivity index (χ3v) is 6.34. The van der Waals surface area contributed by atoms with Crippen molar-refractivity contribution >= 4 is 46.2 Å². The first-order chi connectivity index (χ1) is 18.5. The number of carbonyl (C=O) groups is 2. The molecule has 3 N–H and O–H groups in total. The van der Waals surface area contributed by atoms with E-state index in [1.165, 1.54) is 12.1 Å². The Morgan fingerprint density at radius 3 is 2.33 bits per heavy atom. The molecule has 0 saturated carbocycles. The van der Waals surface area contributed by atoms with Gasteiger partial charge in [-0.2, -0.15) is 13.2 Å². The first-order valence-corrected chi connectivity index (χ1v) is 12.3. The predicted molar refractivity (Wildman–Crippen MR) is 147 cm³/mol. The molecule has 0 radical (unpaired) electrons. The molecule has 1 saturated heterocycles. The summed E-state index contributed by atoms with van der Waals surface area (Å²) in [5.41, 5.74) is 2.39. The highest BCUT2D eigenvalue weighted by Crippen LogP contribution is 2.37. The van der Waals surface area contributed by atoms with Crippen molar-refractivity contribution in [1.29, 1.82) is 0 Å². The standard InChI is InChI=1S/C28H29F3N6O2/c1-4-26(39)32-20-6-5-7-21(17-20)33-27-23(28(29,30)31)9-11-25(35-27)34-24-10-8-22(16-18(24)2)37-14-12-36(13-15-37)19(3)38/h4-11,16-17H,1,12-15H2,2-3H3,(H,32,39)(H2,33,34,35). The second-order valence-corrected chi connectivity index (χ2v) is 9.11. The van der Waals surface area contributed by atoms with Crippen LogP contribution in [0.25, 0.3) is 0 Å². The van der Waals surface area contributed by atoms with Gasteiger partial charge in [0.2, 0.25) is 11.8 Å². The molecule has 1 fully saturated rings. The summed E-state index contributed by atoms with van der Waals surface area (Å²) >= 11 is 0. The summed E-state index contributed by atoms with van der Waals surface area (Å²) in [5, 5.41) is 8.42. The van der Waals surface area contributed by atoms with Crippen LogP contribution in [-0.2, 0) is 15.8 Å². The molecular weight excluding hydrogens is 509 g/mol. The number of rotatable bonds is 7. The average molecular weight is 539 g/mol. The summed E-state index contributed by atoms with van der Waals surface area (Å²) < 4.78 is 41.3. The third kappa shape index (κ3) is 6.86. The lowest BCUT2D eigenvalue weighted by Gasteiger charge is -2.35. The average Bonchev–Trinajstić information content (AvgIpc) is 2.89. The van der Waals surface area contributed by atoms with Crippen molar-refractivity contribution in [2.45, 2.75) is 20.0 Å². The third-order valence-electron chi connectivity index (χ3n) is 6.34. The summed E-state index contributed by atoms with van der Waals surface area (Å²) in [6, 6.07) is 14.3. The summed E-state index contributed by atoms with van der Waals surface area (Å²) in [6.45, 7) is 9.62. The Labute approximate surface area is 224 Å².